The quantitative estimate of drug-likeness (QED) is 0.382. The van der Waals surface area contributed by atoms with Gasteiger partial charge in [0, 0.05) is 0 Å². The fourth-order valence-electron chi connectivity index (χ4n) is 1.78. The van der Waals surface area contributed by atoms with E-state index < -0.39 is 36.7 Å². The normalized spacial score (nSPS) is 11.1. The van der Waals surface area contributed by atoms with Crippen molar-refractivity contribution in [1.29, 1.82) is 0 Å². The SMILES string of the molecule is Cc1ccc(S(=O)(=O)N(c2ccccc2[O-])S(=O)(=O)[O-])cc1.[Na+].[Na+]. The van der Waals surface area contributed by atoms with Gasteiger partial charge in [0.1, 0.15) is 0 Å². The Hall–Kier alpha value is -0.1000. The number of benzene rings is 2. The van der Waals surface area contributed by atoms with Gasteiger partial charge in [-0.3, -0.25) is 0 Å². The minimum Gasteiger partial charge on any atom is -0.871 e. The van der Waals surface area contributed by atoms with Crippen LogP contribution in [-0.4, -0.2) is 21.4 Å². The van der Waals surface area contributed by atoms with Gasteiger partial charge in [-0.15, -0.1) is 0 Å². The van der Waals surface area contributed by atoms with Crippen molar-refractivity contribution in [3.63, 3.8) is 0 Å². The molecule has 0 spiro atoms. The maximum Gasteiger partial charge on any atom is 1.00 e. The van der Waals surface area contributed by atoms with E-state index in [9.17, 15) is 26.5 Å². The molecule has 0 saturated carbocycles. The van der Waals surface area contributed by atoms with Crippen LogP contribution >= 0.6 is 0 Å². The summed E-state index contributed by atoms with van der Waals surface area (Å²) in [5, 5.41) is 11.7. The van der Waals surface area contributed by atoms with E-state index in [0.29, 0.717) is 0 Å². The maximum atomic E-state index is 12.5. The number of sulfonamides is 1. The smallest absolute Gasteiger partial charge is 0.871 e. The van der Waals surface area contributed by atoms with Crippen molar-refractivity contribution in [2.24, 2.45) is 0 Å². The molecule has 0 aromatic heterocycles. The molecule has 7 nitrogen and oxygen atoms in total. The van der Waals surface area contributed by atoms with Crippen LogP contribution in [0.25, 0.3) is 0 Å². The second kappa shape index (κ2) is 9.02. The number of para-hydroxylation sites is 2. The van der Waals surface area contributed by atoms with E-state index in [4.69, 9.17) is 0 Å². The fraction of sp³-hybridized carbons (Fsp3) is 0.0769. The molecule has 0 heterocycles. The Bertz CT molecular complexity index is 898. The van der Waals surface area contributed by atoms with Crippen LogP contribution in [0, 0.1) is 6.92 Å². The van der Waals surface area contributed by atoms with E-state index in [1.54, 1.807) is 6.92 Å². The van der Waals surface area contributed by atoms with E-state index >= 15 is 0 Å². The molecule has 0 fully saturated rings. The Morgan fingerprint density at radius 2 is 1.38 bits per heavy atom. The summed E-state index contributed by atoms with van der Waals surface area (Å²) in [5.41, 5.74) is 0.0118. The van der Waals surface area contributed by atoms with Crippen LogP contribution in [0.4, 0.5) is 5.69 Å². The molecule has 0 aliphatic rings. The van der Waals surface area contributed by atoms with E-state index in [1.807, 2.05) is 0 Å². The maximum absolute atomic E-state index is 12.5. The standard InChI is InChI=1S/C13H13NO6S2.2Na/c1-10-6-8-11(9-7-10)21(16,17)14(22(18,19)20)12-4-2-3-5-13(12)15;;/h2-9,15H,1H3,(H,18,19,20);;/q;2*+1/p-2. The molecule has 2 aromatic carbocycles. The molecule has 0 saturated heterocycles. The van der Waals surface area contributed by atoms with Crippen LogP contribution in [0.2, 0.25) is 0 Å². The fourth-order valence-corrected chi connectivity index (χ4v) is 4.48. The number of aryl methyl sites for hydroxylation is 1. The molecule has 2 aromatic rings. The van der Waals surface area contributed by atoms with E-state index in [1.165, 1.54) is 24.3 Å². The third-order valence-corrected chi connectivity index (χ3v) is 6.04. The number of nitrogens with zero attached hydrogens (tertiary/aromatic N) is 1. The van der Waals surface area contributed by atoms with Gasteiger partial charge in [-0.25, -0.2) is 16.8 Å². The number of hydrogen-bond donors (Lipinski definition) is 0. The monoisotopic (exact) mass is 387 g/mol. The van der Waals surface area contributed by atoms with Crippen molar-refractivity contribution in [3.05, 3.63) is 54.1 Å². The van der Waals surface area contributed by atoms with E-state index in [0.717, 1.165) is 29.8 Å². The molecule has 0 atom stereocenters. The average Bonchev–Trinajstić information content (AvgIpc) is 2.40. The minimum absolute atomic E-state index is 0. The van der Waals surface area contributed by atoms with Gasteiger partial charge in [-0.2, -0.15) is 3.71 Å². The molecule has 118 valence electrons. The summed E-state index contributed by atoms with van der Waals surface area (Å²) in [6.07, 6.45) is 0. The first kappa shape index (κ1) is 23.9. The topological polar surface area (TPSA) is 118 Å². The molecule has 0 aliphatic carbocycles. The van der Waals surface area contributed by atoms with Crippen LogP contribution in [0.3, 0.4) is 0 Å². The summed E-state index contributed by atoms with van der Waals surface area (Å²) < 4.78 is 58.8. The van der Waals surface area contributed by atoms with Crippen molar-refractivity contribution < 1.29 is 85.6 Å². The van der Waals surface area contributed by atoms with Crippen LogP contribution in [0.15, 0.2) is 53.4 Å². The zero-order valence-corrected chi connectivity index (χ0v) is 19.0. The molecule has 11 heteroatoms. The van der Waals surface area contributed by atoms with Gasteiger partial charge in [0.25, 0.3) is 10.0 Å². The van der Waals surface area contributed by atoms with Gasteiger partial charge in [0.15, 0.2) is 10.3 Å². The second-order valence-electron chi connectivity index (χ2n) is 4.44. The van der Waals surface area contributed by atoms with Gasteiger partial charge in [0.2, 0.25) is 0 Å². The Morgan fingerprint density at radius 1 is 0.875 bits per heavy atom. The zero-order valence-electron chi connectivity index (χ0n) is 13.3. The predicted octanol–water partition coefficient (Wildman–Crippen LogP) is -5.27. The first-order valence-corrected chi connectivity index (χ1v) is 8.78. The number of rotatable bonds is 4. The summed E-state index contributed by atoms with van der Waals surface area (Å²) in [6.45, 7) is 1.71. The summed E-state index contributed by atoms with van der Waals surface area (Å²) in [7, 11) is -10.2. The van der Waals surface area contributed by atoms with Gasteiger partial charge in [-0.05, 0) is 25.1 Å². The Labute approximate surface area is 185 Å². The van der Waals surface area contributed by atoms with Gasteiger partial charge < -0.3 is 9.66 Å². The molecule has 0 amide bonds. The molecule has 0 unspecified atom stereocenters. The van der Waals surface area contributed by atoms with Crippen molar-refractivity contribution in [3.8, 4) is 5.75 Å². The summed E-state index contributed by atoms with van der Waals surface area (Å²) in [6, 6.07) is 9.73. The van der Waals surface area contributed by atoms with Crippen molar-refractivity contribution in [2.45, 2.75) is 11.8 Å². The molecular weight excluding hydrogens is 376 g/mol. The number of hydrogen-bond acceptors (Lipinski definition) is 6. The van der Waals surface area contributed by atoms with Crippen molar-refractivity contribution in [1.82, 2.24) is 0 Å². The van der Waals surface area contributed by atoms with Crippen molar-refractivity contribution >= 4 is 26.0 Å². The Morgan fingerprint density at radius 3 is 1.83 bits per heavy atom. The van der Waals surface area contributed by atoms with E-state index in [-0.39, 0.29) is 62.8 Å². The first-order chi connectivity index (χ1) is 10.1. The van der Waals surface area contributed by atoms with Crippen LogP contribution in [0.5, 0.6) is 5.75 Å². The van der Waals surface area contributed by atoms with Crippen molar-refractivity contribution in [2.75, 3.05) is 3.71 Å². The summed E-state index contributed by atoms with van der Waals surface area (Å²) in [5.74, 6) is -0.891. The van der Waals surface area contributed by atoms with Gasteiger partial charge >= 0.3 is 59.1 Å². The summed E-state index contributed by atoms with van der Waals surface area (Å²) in [4.78, 5) is -0.402. The molecule has 0 bridgehead atoms. The third kappa shape index (κ3) is 5.20. The molecule has 0 aliphatic heterocycles. The zero-order chi connectivity index (χ0) is 16.5. The molecule has 2 rings (SSSR count). The Balaban J connectivity index is 0.00000264. The van der Waals surface area contributed by atoms with Crippen LogP contribution < -0.4 is 67.9 Å². The first-order valence-electron chi connectivity index (χ1n) is 5.98. The summed E-state index contributed by atoms with van der Waals surface area (Å²) >= 11 is 0. The largest absolute Gasteiger partial charge is 1.00 e. The van der Waals surface area contributed by atoms with Crippen LogP contribution in [0.1, 0.15) is 5.56 Å². The average molecular weight is 387 g/mol. The number of anilines is 1. The van der Waals surface area contributed by atoms with E-state index in [2.05, 4.69) is 0 Å². The molecule has 24 heavy (non-hydrogen) atoms. The minimum atomic E-state index is -5.46. The Kier molecular flexibility index (Phi) is 8.98. The predicted molar refractivity (Wildman–Crippen MR) is 76.4 cm³/mol. The molecule has 0 radical (unpaired) electrons. The van der Waals surface area contributed by atoms with Crippen LogP contribution in [-0.2, 0) is 20.3 Å². The molecular formula is C13H11NNa2O6S2. The third-order valence-electron chi connectivity index (χ3n) is 2.80. The van der Waals surface area contributed by atoms with Gasteiger partial charge in [0.05, 0.1) is 10.6 Å². The second-order valence-corrected chi connectivity index (χ2v) is 7.68. The molecule has 0 N–H and O–H groups in total. The van der Waals surface area contributed by atoms with Gasteiger partial charge in [-0.1, -0.05) is 41.6 Å².